The number of benzene rings is 2. The van der Waals surface area contributed by atoms with Gasteiger partial charge in [-0.05, 0) is 61.6 Å². The topological polar surface area (TPSA) is 65.8 Å². The average molecular weight is 392 g/mol. The van der Waals surface area contributed by atoms with Crippen molar-refractivity contribution in [3.63, 3.8) is 0 Å². The minimum absolute atomic E-state index is 0.211. The molecule has 142 valence electrons. The fourth-order valence-electron chi connectivity index (χ4n) is 3.33. The van der Waals surface area contributed by atoms with Crippen LogP contribution in [0.2, 0.25) is 5.15 Å². The van der Waals surface area contributed by atoms with Crippen LogP contribution in [-0.4, -0.2) is 10.9 Å². The third-order valence-electron chi connectivity index (χ3n) is 5.06. The van der Waals surface area contributed by atoms with Crippen molar-refractivity contribution < 1.29 is 4.79 Å². The molecule has 1 N–H and O–H groups in total. The maximum Gasteiger partial charge on any atom is 0.242 e. The number of anilines is 1. The zero-order chi connectivity index (χ0) is 20.4. The van der Waals surface area contributed by atoms with E-state index in [2.05, 4.69) is 16.4 Å². The molecule has 3 rings (SSSR count). The van der Waals surface area contributed by atoms with Crippen LogP contribution in [0.4, 0.5) is 5.69 Å². The monoisotopic (exact) mass is 391 g/mol. The first-order valence-corrected chi connectivity index (χ1v) is 9.51. The molecule has 5 heteroatoms. The van der Waals surface area contributed by atoms with Gasteiger partial charge in [0.15, 0.2) is 0 Å². The summed E-state index contributed by atoms with van der Waals surface area (Å²) in [6.07, 6.45) is 0.211. The van der Waals surface area contributed by atoms with Gasteiger partial charge in [0, 0.05) is 17.5 Å². The summed E-state index contributed by atoms with van der Waals surface area (Å²) in [7, 11) is 0. The molecule has 0 aliphatic rings. The van der Waals surface area contributed by atoms with Crippen LogP contribution >= 0.6 is 11.6 Å². The van der Waals surface area contributed by atoms with Crippen molar-refractivity contribution in [2.45, 2.75) is 34.1 Å². The maximum atomic E-state index is 12.8. The Balaban J connectivity index is 1.91. The summed E-state index contributed by atoms with van der Waals surface area (Å²) in [6, 6.07) is 13.9. The number of hydrogen-bond donors (Lipinski definition) is 1. The van der Waals surface area contributed by atoms with Crippen LogP contribution in [0, 0.1) is 44.9 Å². The van der Waals surface area contributed by atoms with Gasteiger partial charge in [-0.1, -0.05) is 41.9 Å². The Labute approximate surface area is 170 Å². The van der Waals surface area contributed by atoms with Crippen LogP contribution in [0.3, 0.4) is 0 Å². The summed E-state index contributed by atoms with van der Waals surface area (Å²) < 4.78 is 0. The lowest BCUT2D eigenvalue weighted by Gasteiger charge is -2.15. The molecule has 1 heterocycles. The lowest BCUT2D eigenvalue weighted by atomic mass is 9.97. The van der Waals surface area contributed by atoms with Gasteiger partial charge in [-0.2, -0.15) is 5.26 Å². The number of carbonyl (C=O) groups is 1. The van der Waals surface area contributed by atoms with E-state index in [0.717, 1.165) is 38.8 Å². The molecule has 1 atom stereocenters. The Morgan fingerprint density at radius 1 is 1.11 bits per heavy atom. The Morgan fingerprint density at radius 3 is 2.39 bits per heavy atom. The Bertz CT molecular complexity index is 1090. The minimum atomic E-state index is -0.860. The van der Waals surface area contributed by atoms with Crippen LogP contribution in [0.1, 0.15) is 27.8 Å². The zero-order valence-electron chi connectivity index (χ0n) is 16.4. The van der Waals surface area contributed by atoms with Crippen molar-refractivity contribution in [2.75, 3.05) is 5.32 Å². The number of nitrogens with zero attached hydrogens (tertiary/aromatic N) is 2. The lowest BCUT2D eigenvalue weighted by Crippen LogP contribution is -2.24. The number of nitriles is 1. The van der Waals surface area contributed by atoms with Gasteiger partial charge < -0.3 is 5.32 Å². The van der Waals surface area contributed by atoms with Gasteiger partial charge in [0.05, 0.1) is 11.6 Å². The quantitative estimate of drug-likeness (QED) is 0.602. The van der Waals surface area contributed by atoms with Crippen molar-refractivity contribution in [1.29, 1.82) is 5.26 Å². The smallest absolute Gasteiger partial charge is 0.242 e. The summed E-state index contributed by atoms with van der Waals surface area (Å²) in [6.45, 7) is 7.86. The number of rotatable bonds is 4. The fraction of sp³-hybridized carbons (Fsp3) is 0.261. The highest BCUT2D eigenvalue weighted by molar-refractivity contribution is 6.30. The van der Waals surface area contributed by atoms with Gasteiger partial charge in [0.25, 0.3) is 0 Å². The van der Waals surface area contributed by atoms with E-state index in [1.54, 1.807) is 0 Å². The van der Waals surface area contributed by atoms with Crippen LogP contribution in [0.25, 0.3) is 10.9 Å². The number of carbonyl (C=O) groups excluding carboxylic acids is 1. The Kier molecular flexibility index (Phi) is 5.67. The molecule has 0 fully saturated rings. The van der Waals surface area contributed by atoms with Crippen LogP contribution in [0.15, 0.2) is 36.4 Å². The average Bonchev–Trinajstić information content (AvgIpc) is 2.66. The maximum absolute atomic E-state index is 12.8. The number of fused-ring (bicyclic) bond motifs is 1. The largest absolute Gasteiger partial charge is 0.324 e. The van der Waals surface area contributed by atoms with E-state index in [9.17, 15) is 10.1 Å². The second kappa shape index (κ2) is 8.00. The highest BCUT2D eigenvalue weighted by Gasteiger charge is 2.22. The molecule has 0 aliphatic carbocycles. The molecule has 0 saturated heterocycles. The summed E-state index contributed by atoms with van der Waals surface area (Å²) >= 11 is 6.39. The molecule has 2 aromatic carbocycles. The first-order chi connectivity index (χ1) is 13.3. The molecule has 28 heavy (non-hydrogen) atoms. The van der Waals surface area contributed by atoms with Crippen LogP contribution in [-0.2, 0) is 11.2 Å². The van der Waals surface area contributed by atoms with Gasteiger partial charge in [-0.15, -0.1) is 0 Å². The summed E-state index contributed by atoms with van der Waals surface area (Å²) in [4.78, 5) is 17.3. The lowest BCUT2D eigenvalue weighted by molar-refractivity contribution is -0.118. The Hall–Kier alpha value is -2.90. The van der Waals surface area contributed by atoms with Crippen molar-refractivity contribution in [3.8, 4) is 6.07 Å². The van der Waals surface area contributed by atoms with E-state index >= 15 is 0 Å². The molecule has 0 radical (unpaired) electrons. The van der Waals surface area contributed by atoms with Gasteiger partial charge in [0.2, 0.25) is 5.91 Å². The normalized spacial score (nSPS) is 11.9. The third-order valence-corrected chi connectivity index (χ3v) is 5.38. The molecule has 0 spiro atoms. The fourth-order valence-corrected chi connectivity index (χ4v) is 3.55. The number of aryl methyl sites for hydroxylation is 4. The van der Waals surface area contributed by atoms with Gasteiger partial charge in [-0.3, -0.25) is 4.79 Å². The first kappa shape index (κ1) is 19.9. The highest BCUT2D eigenvalue weighted by atomic mass is 35.5. The number of nitrogens with one attached hydrogen (secondary N) is 1. The molecule has 1 amide bonds. The molecular formula is C23H22ClN3O. The predicted molar refractivity (Wildman–Crippen MR) is 114 cm³/mol. The number of hydrogen-bond acceptors (Lipinski definition) is 3. The molecule has 4 nitrogen and oxygen atoms in total. The predicted octanol–water partition coefficient (Wildman–Crippen LogP) is 5.44. The number of para-hydroxylation sites is 1. The number of pyridine rings is 1. The molecule has 0 aliphatic heterocycles. The molecule has 0 bridgehead atoms. The molecule has 0 saturated carbocycles. The number of amides is 1. The SMILES string of the molecule is Cc1cccc(C)c1NC(=O)[C@@H](C#N)Cc1cc2c(C)ccc(C)c2nc1Cl. The molecule has 0 unspecified atom stereocenters. The zero-order valence-corrected chi connectivity index (χ0v) is 17.2. The Morgan fingerprint density at radius 2 is 1.75 bits per heavy atom. The van der Waals surface area contributed by atoms with Crippen molar-refractivity contribution in [1.82, 2.24) is 4.98 Å². The number of halogens is 1. The van der Waals surface area contributed by atoms with E-state index < -0.39 is 5.92 Å². The summed E-state index contributed by atoms with van der Waals surface area (Å²) in [5.74, 6) is -1.20. The summed E-state index contributed by atoms with van der Waals surface area (Å²) in [5, 5.41) is 13.8. The van der Waals surface area contributed by atoms with E-state index in [0.29, 0.717) is 10.7 Å². The van der Waals surface area contributed by atoms with Crippen molar-refractivity contribution in [2.24, 2.45) is 5.92 Å². The molecule has 3 aromatic rings. The molecular weight excluding hydrogens is 370 g/mol. The van der Waals surface area contributed by atoms with Gasteiger partial charge in [-0.25, -0.2) is 4.98 Å². The van der Waals surface area contributed by atoms with E-state index in [1.807, 2.05) is 64.1 Å². The van der Waals surface area contributed by atoms with Crippen LogP contribution < -0.4 is 5.32 Å². The van der Waals surface area contributed by atoms with E-state index in [4.69, 9.17) is 11.6 Å². The van der Waals surface area contributed by atoms with Crippen LogP contribution in [0.5, 0.6) is 0 Å². The van der Waals surface area contributed by atoms with E-state index in [1.165, 1.54) is 0 Å². The van der Waals surface area contributed by atoms with Gasteiger partial charge >= 0.3 is 0 Å². The van der Waals surface area contributed by atoms with E-state index in [-0.39, 0.29) is 12.3 Å². The number of aromatic nitrogens is 1. The van der Waals surface area contributed by atoms with Gasteiger partial charge in [0.1, 0.15) is 11.1 Å². The minimum Gasteiger partial charge on any atom is -0.324 e. The van der Waals surface area contributed by atoms with Crippen molar-refractivity contribution >= 4 is 34.1 Å². The third kappa shape index (κ3) is 3.85. The first-order valence-electron chi connectivity index (χ1n) is 9.14. The van der Waals surface area contributed by atoms with Crippen molar-refractivity contribution in [3.05, 3.63) is 69.4 Å². The second-order valence-corrected chi connectivity index (χ2v) is 7.53. The molecule has 1 aromatic heterocycles. The second-order valence-electron chi connectivity index (χ2n) is 7.18. The summed E-state index contributed by atoms with van der Waals surface area (Å²) in [5.41, 5.74) is 6.34. The standard InChI is InChI=1S/C23H22ClN3O/c1-13-8-9-16(4)21-19(13)11-17(22(24)26-21)10-18(12-25)23(28)27-20-14(2)6-5-7-15(20)3/h5-9,11,18H,10H2,1-4H3,(H,27,28)/t18-/m1/s1. The highest BCUT2D eigenvalue weighted by Crippen LogP contribution is 2.28.